The number of carbonyl (C=O) groups excluding carboxylic acids is 1. The second kappa shape index (κ2) is 7.24. The third-order valence-corrected chi connectivity index (χ3v) is 5.52. The van der Waals surface area contributed by atoms with Crippen LogP contribution in [-0.4, -0.2) is 48.0 Å². The maximum Gasteiger partial charge on any atom is 0.416 e. The molecule has 1 fully saturated rings. The van der Waals surface area contributed by atoms with Gasteiger partial charge < -0.3 is 14.7 Å². The largest absolute Gasteiger partial charge is 0.416 e. The third kappa shape index (κ3) is 3.63. The molecule has 8 heteroatoms. The summed E-state index contributed by atoms with van der Waals surface area (Å²) in [7, 11) is 0. The Bertz CT molecular complexity index is 898. The van der Waals surface area contributed by atoms with Gasteiger partial charge in [-0.05, 0) is 36.4 Å². The molecule has 29 heavy (non-hydrogen) atoms. The van der Waals surface area contributed by atoms with E-state index in [0.717, 1.165) is 23.6 Å². The minimum atomic E-state index is -4.36. The van der Waals surface area contributed by atoms with Gasteiger partial charge in [0.1, 0.15) is 0 Å². The SMILES string of the molecule is CC(C)C(=O)N1CCN2c3ncccc3N(c3ccc(C(F)(F)F)cc3)C[C@H]2C1. The highest BCUT2D eigenvalue weighted by Gasteiger charge is 2.38. The average molecular weight is 404 g/mol. The first kappa shape index (κ1) is 19.5. The summed E-state index contributed by atoms with van der Waals surface area (Å²) >= 11 is 0. The van der Waals surface area contributed by atoms with Crippen molar-refractivity contribution < 1.29 is 18.0 Å². The number of hydrogen-bond acceptors (Lipinski definition) is 4. The summed E-state index contributed by atoms with van der Waals surface area (Å²) in [4.78, 5) is 23.1. The Morgan fingerprint density at radius 2 is 1.83 bits per heavy atom. The molecule has 0 spiro atoms. The number of hydrogen-bond donors (Lipinski definition) is 0. The first-order chi connectivity index (χ1) is 13.8. The molecule has 2 aliphatic rings. The molecule has 4 rings (SSSR count). The number of piperazine rings is 1. The Labute approximate surface area is 167 Å². The Morgan fingerprint density at radius 3 is 2.48 bits per heavy atom. The summed E-state index contributed by atoms with van der Waals surface area (Å²) in [6, 6.07) is 8.98. The topological polar surface area (TPSA) is 39.7 Å². The molecule has 1 atom stereocenters. The van der Waals surface area contributed by atoms with Crippen LogP contribution in [0.15, 0.2) is 42.6 Å². The molecule has 0 aliphatic carbocycles. The monoisotopic (exact) mass is 404 g/mol. The first-order valence-corrected chi connectivity index (χ1v) is 9.71. The molecule has 0 radical (unpaired) electrons. The molecule has 0 saturated carbocycles. The zero-order chi connectivity index (χ0) is 20.8. The number of alkyl halides is 3. The van der Waals surface area contributed by atoms with Crippen molar-refractivity contribution in [3.8, 4) is 0 Å². The number of anilines is 3. The molecule has 2 aromatic rings. The Hall–Kier alpha value is -2.77. The summed E-state index contributed by atoms with van der Waals surface area (Å²) < 4.78 is 38.8. The van der Waals surface area contributed by atoms with Crippen LogP contribution in [0, 0.1) is 5.92 Å². The highest BCUT2D eigenvalue weighted by Crippen LogP contribution is 2.40. The molecule has 1 aromatic heterocycles. The van der Waals surface area contributed by atoms with Crippen molar-refractivity contribution in [1.29, 1.82) is 0 Å². The fraction of sp³-hybridized carbons (Fsp3) is 0.429. The van der Waals surface area contributed by atoms with Gasteiger partial charge >= 0.3 is 6.18 Å². The van der Waals surface area contributed by atoms with Crippen molar-refractivity contribution in [3.63, 3.8) is 0 Å². The number of benzene rings is 1. The summed E-state index contributed by atoms with van der Waals surface area (Å²) in [5.74, 6) is 0.861. The first-order valence-electron chi connectivity index (χ1n) is 9.71. The Balaban J connectivity index is 1.66. The van der Waals surface area contributed by atoms with Crippen LogP contribution in [0.1, 0.15) is 19.4 Å². The number of aromatic nitrogens is 1. The average Bonchev–Trinajstić information content (AvgIpc) is 2.71. The second-order valence-corrected chi connectivity index (χ2v) is 7.79. The summed E-state index contributed by atoms with van der Waals surface area (Å²) in [6.45, 7) is 6.26. The molecule has 5 nitrogen and oxygen atoms in total. The van der Waals surface area contributed by atoms with Crippen molar-refractivity contribution in [1.82, 2.24) is 9.88 Å². The lowest BCUT2D eigenvalue weighted by molar-refractivity contribution is -0.137. The molecule has 2 aliphatic heterocycles. The Morgan fingerprint density at radius 1 is 1.10 bits per heavy atom. The van der Waals surface area contributed by atoms with Crippen LogP contribution in [-0.2, 0) is 11.0 Å². The third-order valence-electron chi connectivity index (χ3n) is 5.52. The van der Waals surface area contributed by atoms with E-state index in [0.29, 0.717) is 31.9 Å². The van der Waals surface area contributed by atoms with E-state index in [-0.39, 0.29) is 17.9 Å². The Kier molecular flexibility index (Phi) is 4.88. The number of rotatable bonds is 2. The van der Waals surface area contributed by atoms with Gasteiger partial charge in [0.2, 0.25) is 5.91 Å². The zero-order valence-electron chi connectivity index (χ0n) is 16.4. The van der Waals surface area contributed by atoms with Crippen molar-refractivity contribution in [2.75, 3.05) is 36.0 Å². The van der Waals surface area contributed by atoms with E-state index in [1.165, 1.54) is 12.1 Å². The lowest BCUT2D eigenvalue weighted by Crippen LogP contribution is -2.61. The molecule has 3 heterocycles. The molecule has 0 bridgehead atoms. The van der Waals surface area contributed by atoms with Crippen LogP contribution in [0.2, 0.25) is 0 Å². The number of halogens is 3. The highest BCUT2D eigenvalue weighted by atomic mass is 19.4. The van der Waals surface area contributed by atoms with E-state index in [2.05, 4.69) is 9.88 Å². The maximum atomic E-state index is 12.9. The highest BCUT2D eigenvalue weighted by molar-refractivity contribution is 5.80. The second-order valence-electron chi connectivity index (χ2n) is 7.79. The van der Waals surface area contributed by atoms with Gasteiger partial charge in [0, 0.05) is 44.0 Å². The van der Waals surface area contributed by atoms with Crippen LogP contribution < -0.4 is 9.80 Å². The number of pyridine rings is 1. The predicted molar refractivity (Wildman–Crippen MR) is 105 cm³/mol. The van der Waals surface area contributed by atoms with Crippen molar-refractivity contribution >= 4 is 23.1 Å². The number of amides is 1. The van der Waals surface area contributed by atoms with Crippen LogP contribution in [0.25, 0.3) is 0 Å². The normalized spacial score (nSPS) is 19.2. The van der Waals surface area contributed by atoms with Crippen molar-refractivity contribution in [2.24, 2.45) is 5.92 Å². The predicted octanol–water partition coefficient (Wildman–Crippen LogP) is 3.93. The summed E-state index contributed by atoms with van der Waals surface area (Å²) in [6.07, 6.45) is -2.64. The lowest BCUT2D eigenvalue weighted by Gasteiger charge is -2.49. The van der Waals surface area contributed by atoms with E-state index < -0.39 is 11.7 Å². The van der Waals surface area contributed by atoms with Crippen LogP contribution >= 0.6 is 0 Å². The van der Waals surface area contributed by atoms with Crippen LogP contribution in [0.4, 0.5) is 30.4 Å². The smallest absolute Gasteiger partial charge is 0.347 e. The molecule has 1 amide bonds. The zero-order valence-corrected chi connectivity index (χ0v) is 16.4. The quantitative estimate of drug-likeness (QED) is 0.761. The van der Waals surface area contributed by atoms with Crippen LogP contribution in [0.5, 0.6) is 0 Å². The molecular formula is C21H23F3N4O. The molecule has 1 aromatic carbocycles. The van der Waals surface area contributed by atoms with E-state index in [1.807, 2.05) is 35.8 Å². The fourth-order valence-corrected chi connectivity index (χ4v) is 4.06. The van der Waals surface area contributed by atoms with Gasteiger partial charge in [0.05, 0.1) is 17.3 Å². The minimum Gasteiger partial charge on any atom is -0.347 e. The van der Waals surface area contributed by atoms with E-state index in [1.54, 1.807) is 6.20 Å². The fourth-order valence-electron chi connectivity index (χ4n) is 4.06. The van der Waals surface area contributed by atoms with E-state index in [9.17, 15) is 18.0 Å². The van der Waals surface area contributed by atoms with Gasteiger partial charge in [0.15, 0.2) is 5.82 Å². The number of nitrogens with zero attached hydrogens (tertiary/aromatic N) is 4. The standard InChI is InChI=1S/C21H23F3N4O/c1-14(2)20(29)26-10-11-27-17(12-26)13-28(18-4-3-9-25-19(18)27)16-7-5-15(6-8-16)21(22,23)24/h3-9,14,17H,10-13H2,1-2H3/t17-/m1/s1. The number of fused-ring (bicyclic) bond motifs is 3. The molecule has 0 unspecified atom stereocenters. The molecule has 1 saturated heterocycles. The van der Waals surface area contributed by atoms with Crippen molar-refractivity contribution in [3.05, 3.63) is 48.2 Å². The molecule has 154 valence electrons. The van der Waals surface area contributed by atoms with Gasteiger partial charge in [-0.25, -0.2) is 4.98 Å². The summed E-state index contributed by atoms with van der Waals surface area (Å²) in [5.41, 5.74) is 0.879. The van der Waals surface area contributed by atoms with E-state index in [4.69, 9.17) is 0 Å². The summed E-state index contributed by atoms with van der Waals surface area (Å²) in [5, 5.41) is 0. The number of carbonyl (C=O) groups is 1. The minimum absolute atomic E-state index is 0.0242. The molecular weight excluding hydrogens is 381 g/mol. The van der Waals surface area contributed by atoms with E-state index >= 15 is 0 Å². The van der Waals surface area contributed by atoms with Crippen LogP contribution in [0.3, 0.4) is 0 Å². The lowest BCUT2D eigenvalue weighted by atomic mass is 10.0. The van der Waals surface area contributed by atoms with Gasteiger partial charge in [-0.2, -0.15) is 13.2 Å². The van der Waals surface area contributed by atoms with Gasteiger partial charge in [-0.3, -0.25) is 4.79 Å². The van der Waals surface area contributed by atoms with Gasteiger partial charge in [-0.1, -0.05) is 13.8 Å². The van der Waals surface area contributed by atoms with Crippen molar-refractivity contribution in [2.45, 2.75) is 26.1 Å². The maximum absolute atomic E-state index is 12.9. The van der Waals surface area contributed by atoms with Gasteiger partial charge in [-0.15, -0.1) is 0 Å². The molecule has 0 N–H and O–H groups in total. The van der Waals surface area contributed by atoms with Gasteiger partial charge in [0.25, 0.3) is 0 Å².